The van der Waals surface area contributed by atoms with Crippen LogP contribution in [-0.4, -0.2) is 24.3 Å². The number of ether oxygens (including phenoxy) is 2. The van der Waals surface area contributed by atoms with E-state index in [1.807, 2.05) is 0 Å². The van der Waals surface area contributed by atoms with E-state index in [1.165, 1.54) is 23.6 Å². The summed E-state index contributed by atoms with van der Waals surface area (Å²) in [5.41, 5.74) is 2.45. The van der Waals surface area contributed by atoms with Crippen LogP contribution in [0.15, 0.2) is 41.2 Å². The summed E-state index contributed by atoms with van der Waals surface area (Å²) in [5, 5.41) is 3.26. The van der Waals surface area contributed by atoms with Crippen LogP contribution in [0.2, 0.25) is 0 Å². The van der Waals surface area contributed by atoms with Gasteiger partial charge in [-0.15, -0.1) is 0 Å². The van der Waals surface area contributed by atoms with Crippen molar-refractivity contribution in [2.24, 2.45) is 0 Å². The molecule has 0 saturated carbocycles. The van der Waals surface area contributed by atoms with Crippen molar-refractivity contribution in [3.63, 3.8) is 0 Å². The maximum Gasteiger partial charge on any atom is 0.196 e. The zero-order chi connectivity index (χ0) is 18.2. The van der Waals surface area contributed by atoms with Crippen molar-refractivity contribution in [1.82, 2.24) is 4.98 Å². The molecule has 1 aliphatic rings. The molecule has 1 aromatic carbocycles. The zero-order valence-electron chi connectivity index (χ0n) is 15.4. The standard InChI is InChI=1S/C21H28N2O3/c1-2-5-16-7-9-17(10-8-16)14-22-20-12-18(24)13-21(23-20)26-15-19-6-3-4-11-25-19/h7-10,12-13,19H,2-6,11,14-15H2,1H3,(H2,22,23,24). The number of hydrogen-bond donors (Lipinski definition) is 2. The molecule has 0 amide bonds. The van der Waals surface area contributed by atoms with Crippen molar-refractivity contribution < 1.29 is 9.47 Å². The summed E-state index contributed by atoms with van der Waals surface area (Å²) < 4.78 is 11.4. The Balaban J connectivity index is 1.55. The van der Waals surface area contributed by atoms with Gasteiger partial charge in [0.15, 0.2) is 11.3 Å². The fourth-order valence-corrected chi connectivity index (χ4v) is 3.12. The second kappa shape index (κ2) is 9.43. The first-order chi connectivity index (χ1) is 12.7. The van der Waals surface area contributed by atoms with Gasteiger partial charge in [-0.3, -0.25) is 4.79 Å². The highest BCUT2D eigenvalue weighted by Gasteiger charge is 2.14. The number of rotatable bonds is 8. The number of nitrogens with one attached hydrogen (secondary N) is 2. The molecular weight excluding hydrogens is 328 g/mol. The van der Waals surface area contributed by atoms with E-state index in [9.17, 15) is 4.79 Å². The van der Waals surface area contributed by atoms with Crippen LogP contribution >= 0.6 is 0 Å². The molecule has 0 radical (unpaired) electrons. The zero-order valence-corrected chi connectivity index (χ0v) is 15.4. The first-order valence-corrected chi connectivity index (χ1v) is 9.53. The van der Waals surface area contributed by atoms with Gasteiger partial charge < -0.3 is 19.8 Å². The molecular formula is C21H28N2O3. The molecule has 140 valence electrons. The van der Waals surface area contributed by atoms with E-state index in [0.29, 0.717) is 24.8 Å². The molecule has 1 fully saturated rings. The van der Waals surface area contributed by atoms with Crippen molar-refractivity contribution in [1.29, 1.82) is 0 Å². The number of H-pyrrole nitrogens is 1. The van der Waals surface area contributed by atoms with Gasteiger partial charge in [0.05, 0.1) is 6.10 Å². The Morgan fingerprint density at radius 1 is 1.19 bits per heavy atom. The number of anilines is 1. The number of aryl methyl sites for hydroxylation is 1. The van der Waals surface area contributed by atoms with Crippen molar-refractivity contribution in [2.45, 2.75) is 51.7 Å². The molecule has 1 aliphatic heterocycles. The maximum absolute atomic E-state index is 11.9. The molecule has 5 nitrogen and oxygen atoms in total. The van der Waals surface area contributed by atoms with Gasteiger partial charge in [-0.25, -0.2) is 0 Å². The van der Waals surface area contributed by atoms with Crippen LogP contribution in [0, 0.1) is 0 Å². The highest BCUT2D eigenvalue weighted by atomic mass is 16.5. The minimum absolute atomic E-state index is 0.0795. The Kier molecular flexibility index (Phi) is 6.72. The van der Waals surface area contributed by atoms with Crippen LogP contribution in [-0.2, 0) is 17.7 Å². The van der Waals surface area contributed by atoms with Crippen LogP contribution in [0.5, 0.6) is 5.88 Å². The third kappa shape index (κ3) is 5.63. The summed E-state index contributed by atoms with van der Waals surface area (Å²) in [7, 11) is 0. The van der Waals surface area contributed by atoms with E-state index in [4.69, 9.17) is 9.47 Å². The Bertz CT molecular complexity index is 734. The number of pyridine rings is 1. The van der Waals surface area contributed by atoms with Crippen molar-refractivity contribution >= 4 is 5.82 Å². The molecule has 2 N–H and O–H groups in total. The predicted octanol–water partition coefficient (Wildman–Crippen LogP) is 3.89. The average Bonchev–Trinajstić information content (AvgIpc) is 2.67. The third-order valence-corrected chi connectivity index (χ3v) is 4.56. The van der Waals surface area contributed by atoms with Gasteiger partial charge in [-0.1, -0.05) is 37.6 Å². The minimum Gasteiger partial charge on any atom is -0.476 e. The van der Waals surface area contributed by atoms with Crippen molar-refractivity contribution in [3.05, 3.63) is 57.7 Å². The topological polar surface area (TPSA) is 63.4 Å². The molecule has 2 heterocycles. The highest BCUT2D eigenvalue weighted by Crippen LogP contribution is 2.15. The molecule has 1 aromatic heterocycles. The normalized spacial score (nSPS) is 17.0. The number of aromatic amines is 1. The lowest BCUT2D eigenvalue weighted by Gasteiger charge is -2.22. The van der Waals surface area contributed by atoms with E-state index in [2.05, 4.69) is 41.5 Å². The van der Waals surface area contributed by atoms with E-state index < -0.39 is 0 Å². The molecule has 1 unspecified atom stereocenters. The molecule has 5 heteroatoms. The SMILES string of the molecule is CCCc1ccc(CNc2cc(=O)cc(OCC3CCCCO3)[nH]2)cc1. The third-order valence-electron chi connectivity index (χ3n) is 4.56. The minimum atomic E-state index is -0.0795. The smallest absolute Gasteiger partial charge is 0.196 e. The summed E-state index contributed by atoms with van der Waals surface area (Å²) >= 11 is 0. The Hall–Kier alpha value is -2.27. The molecule has 26 heavy (non-hydrogen) atoms. The summed E-state index contributed by atoms with van der Waals surface area (Å²) in [6.45, 7) is 4.10. The van der Waals surface area contributed by atoms with Gasteiger partial charge in [0.1, 0.15) is 12.4 Å². The fourth-order valence-electron chi connectivity index (χ4n) is 3.12. The van der Waals surface area contributed by atoms with Crippen molar-refractivity contribution in [2.75, 3.05) is 18.5 Å². The largest absolute Gasteiger partial charge is 0.476 e. The molecule has 3 rings (SSSR count). The average molecular weight is 356 g/mol. The van der Waals surface area contributed by atoms with E-state index in [1.54, 1.807) is 6.07 Å². The molecule has 0 aliphatic carbocycles. The predicted molar refractivity (Wildman–Crippen MR) is 104 cm³/mol. The van der Waals surface area contributed by atoms with Gasteiger partial charge in [-0.05, 0) is 36.8 Å². The highest BCUT2D eigenvalue weighted by molar-refractivity contribution is 5.38. The number of hydrogen-bond acceptors (Lipinski definition) is 4. The monoisotopic (exact) mass is 356 g/mol. The van der Waals surface area contributed by atoms with Crippen molar-refractivity contribution in [3.8, 4) is 5.88 Å². The first kappa shape index (κ1) is 18.5. The van der Waals surface area contributed by atoms with Gasteiger partial charge in [-0.2, -0.15) is 0 Å². The lowest BCUT2D eigenvalue weighted by atomic mass is 10.1. The lowest BCUT2D eigenvalue weighted by Crippen LogP contribution is -2.26. The Labute approximate surface area is 154 Å². The van der Waals surface area contributed by atoms with Gasteiger partial charge in [0.25, 0.3) is 0 Å². The quantitative estimate of drug-likeness (QED) is 0.753. The van der Waals surface area contributed by atoms with Gasteiger partial charge >= 0.3 is 0 Å². The first-order valence-electron chi connectivity index (χ1n) is 9.53. The van der Waals surface area contributed by atoms with Crippen LogP contribution in [0.1, 0.15) is 43.7 Å². The second-order valence-corrected chi connectivity index (χ2v) is 6.81. The van der Waals surface area contributed by atoms with Gasteiger partial charge in [0.2, 0.25) is 0 Å². The lowest BCUT2D eigenvalue weighted by molar-refractivity contribution is -0.0119. The Morgan fingerprint density at radius 2 is 2.00 bits per heavy atom. The number of benzene rings is 1. The fraction of sp³-hybridized carbons (Fsp3) is 0.476. The molecule has 2 aromatic rings. The second-order valence-electron chi connectivity index (χ2n) is 6.81. The summed E-state index contributed by atoms with van der Waals surface area (Å²) in [6, 6.07) is 11.6. The van der Waals surface area contributed by atoms with Crippen LogP contribution in [0.25, 0.3) is 0 Å². The van der Waals surface area contributed by atoms with Gasteiger partial charge in [0, 0.05) is 25.3 Å². The molecule has 0 spiro atoms. The Morgan fingerprint density at radius 3 is 2.73 bits per heavy atom. The molecule has 0 bridgehead atoms. The van der Waals surface area contributed by atoms with E-state index in [-0.39, 0.29) is 11.5 Å². The van der Waals surface area contributed by atoms with E-state index in [0.717, 1.165) is 32.3 Å². The maximum atomic E-state index is 11.9. The molecule has 1 atom stereocenters. The summed E-state index contributed by atoms with van der Waals surface area (Å²) in [4.78, 5) is 15.1. The summed E-state index contributed by atoms with van der Waals surface area (Å²) in [6.07, 6.45) is 5.67. The van der Waals surface area contributed by atoms with Crippen LogP contribution in [0.4, 0.5) is 5.82 Å². The number of aromatic nitrogens is 1. The van der Waals surface area contributed by atoms with Crippen LogP contribution in [0.3, 0.4) is 0 Å². The summed E-state index contributed by atoms with van der Waals surface area (Å²) in [5.74, 6) is 1.14. The van der Waals surface area contributed by atoms with E-state index >= 15 is 0 Å². The molecule has 1 saturated heterocycles. The van der Waals surface area contributed by atoms with Crippen LogP contribution < -0.4 is 15.5 Å².